The minimum absolute atomic E-state index is 0.0198. The number of nitrogens with zero attached hydrogens (tertiary/aromatic N) is 1. The molecule has 0 heterocycles. The zero-order valence-electron chi connectivity index (χ0n) is 10.5. The van der Waals surface area contributed by atoms with E-state index >= 15 is 0 Å². The predicted octanol–water partition coefficient (Wildman–Crippen LogP) is 5.21. The minimum Gasteiger partial charge on any atom is -0.258 e. The van der Waals surface area contributed by atoms with Crippen molar-refractivity contribution in [1.82, 2.24) is 0 Å². The maximum Gasteiger partial charge on any atom is 0.269 e. The molecule has 0 aliphatic heterocycles. The molecule has 0 aliphatic carbocycles. The Hall–Kier alpha value is -1.53. The normalized spacial score (nSPS) is 12.2. The highest BCUT2D eigenvalue weighted by atomic mass is 79.9. The summed E-state index contributed by atoms with van der Waals surface area (Å²) in [4.78, 5) is 9.60. The monoisotopic (exact) mass is 375 g/mol. The summed E-state index contributed by atoms with van der Waals surface area (Å²) in [6, 6.07) is 7.87. The smallest absolute Gasteiger partial charge is 0.258 e. The second-order valence-corrected chi connectivity index (χ2v) is 5.90. The van der Waals surface area contributed by atoms with E-state index in [0.717, 1.165) is 17.7 Å². The SMILES string of the molecule is O=[N+]([O-])c1ccc(CC(Br)c2cc(F)c(Cl)cc2F)cc1. The van der Waals surface area contributed by atoms with Gasteiger partial charge in [0, 0.05) is 22.5 Å². The van der Waals surface area contributed by atoms with Crippen molar-refractivity contribution < 1.29 is 13.7 Å². The lowest BCUT2D eigenvalue weighted by Crippen LogP contribution is -2.00. The molecule has 0 N–H and O–H groups in total. The summed E-state index contributed by atoms with van der Waals surface area (Å²) in [5.74, 6) is -1.30. The van der Waals surface area contributed by atoms with Crippen molar-refractivity contribution in [3.63, 3.8) is 0 Å². The number of benzene rings is 2. The molecular formula is C14H9BrClF2NO2. The molecule has 2 aromatic carbocycles. The van der Waals surface area contributed by atoms with E-state index in [1.165, 1.54) is 12.1 Å². The molecule has 3 nitrogen and oxygen atoms in total. The van der Waals surface area contributed by atoms with Gasteiger partial charge in [0.25, 0.3) is 5.69 Å². The number of nitro groups is 1. The topological polar surface area (TPSA) is 43.1 Å². The van der Waals surface area contributed by atoms with Crippen LogP contribution in [0.25, 0.3) is 0 Å². The molecule has 0 spiro atoms. The standard InChI is InChI=1S/C14H9BrClF2NO2/c15-11(10-6-14(18)12(16)7-13(10)17)5-8-1-3-9(4-2-8)19(20)21/h1-4,6-7,11H,5H2. The molecule has 2 aromatic rings. The molecule has 0 saturated carbocycles. The Bertz CT molecular complexity index is 679. The van der Waals surface area contributed by atoms with E-state index in [1.54, 1.807) is 12.1 Å². The van der Waals surface area contributed by atoms with Crippen molar-refractivity contribution in [3.05, 3.63) is 74.3 Å². The van der Waals surface area contributed by atoms with Crippen molar-refractivity contribution in [1.29, 1.82) is 0 Å². The molecule has 1 unspecified atom stereocenters. The van der Waals surface area contributed by atoms with Gasteiger partial charge in [0.1, 0.15) is 11.6 Å². The zero-order valence-corrected chi connectivity index (χ0v) is 12.9. The Kier molecular flexibility index (Phi) is 4.90. The van der Waals surface area contributed by atoms with Crippen molar-refractivity contribution in [2.45, 2.75) is 11.2 Å². The molecule has 0 aliphatic rings. The first kappa shape index (κ1) is 15.9. The highest BCUT2D eigenvalue weighted by Crippen LogP contribution is 2.32. The number of halogens is 4. The first-order valence-corrected chi connectivity index (χ1v) is 7.19. The van der Waals surface area contributed by atoms with Crippen LogP contribution in [0.4, 0.5) is 14.5 Å². The second-order valence-electron chi connectivity index (χ2n) is 4.38. The number of rotatable bonds is 4. The van der Waals surface area contributed by atoms with Crippen molar-refractivity contribution in [2.75, 3.05) is 0 Å². The Balaban J connectivity index is 2.19. The maximum atomic E-state index is 13.8. The number of non-ortho nitro benzene ring substituents is 1. The Labute approximate surface area is 132 Å². The fourth-order valence-electron chi connectivity index (χ4n) is 1.85. The van der Waals surface area contributed by atoms with E-state index in [1.807, 2.05) is 0 Å². The fraction of sp³-hybridized carbons (Fsp3) is 0.143. The summed E-state index contributed by atoms with van der Waals surface area (Å²) in [6.07, 6.45) is 0.357. The summed E-state index contributed by atoms with van der Waals surface area (Å²) >= 11 is 8.80. The van der Waals surface area contributed by atoms with Gasteiger partial charge < -0.3 is 0 Å². The van der Waals surface area contributed by atoms with E-state index < -0.39 is 21.4 Å². The van der Waals surface area contributed by atoms with E-state index in [2.05, 4.69) is 15.9 Å². The van der Waals surface area contributed by atoms with E-state index in [4.69, 9.17) is 11.6 Å². The molecule has 0 aromatic heterocycles. The molecule has 0 saturated heterocycles. The number of hydrogen-bond acceptors (Lipinski definition) is 2. The number of hydrogen-bond donors (Lipinski definition) is 0. The van der Waals surface area contributed by atoms with Crippen LogP contribution in [0.1, 0.15) is 16.0 Å². The van der Waals surface area contributed by atoms with Gasteiger partial charge in [-0.15, -0.1) is 0 Å². The Morgan fingerprint density at radius 1 is 1.19 bits per heavy atom. The molecule has 2 rings (SSSR count). The number of nitro benzene ring substituents is 1. The van der Waals surface area contributed by atoms with Crippen LogP contribution in [-0.2, 0) is 6.42 Å². The molecule has 7 heteroatoms. The third-order valence-electron chi connectivity index (χ3n) is 2.94. The average molecular weight is 377 g/mol. The third-order valence-corrected chi connectivity index (χ3v) is 4.05. The zero-order chi connectivity index (χ0) is 15.6. The summed E-state index contributed by atoms with van der Waals surface area (Å²) in [6.45, 7) is 0. The van der Waals surface area contributed by atoms with Crippen molar-refractivity contribution in [3.8, 4) is 0 Å². The van der Waals surface area contributed by atoms with Crippen LogP contribution in [0.15, 0.2) is 36.4 Å². The van der Waals surface area contributed by atoms with Gasteiger partial charge >= 0.3 is 0 Å². The molecule has 0 fully saturated rings. The van der Waals surface area contributed by atoms with Crippen LogP contribution in [0.2, 0.25) is 5.02 Å². The van der Waals surface area contributed by atoms with Gasteiger partial charge in [-0.05, 0) is 24.1 Å². The number of alkyl halides is 1. The molecule has 110 valence electrons. The maximum absolute atomic E-state index is 13.8. The lowest BCUT2D eigenvalue weighted by atomic mass is 10.0. The van der Waals surface area contributed by atoms with Gasteiger partial charge in [0.05, 0.1) is 9.95 Å². The average Bonchev–Trinajstić information content (AvgIpc) is 2.43. The second kappa shape index (κ2) is 6.49. The van der Waals surface area contributed by atoms with E-state index in [0.29, 0.717) is 6.42 Å². The Morgan fingerprint density at radius 3 is 2.38 bits per heavy atom. The molecule has 0 radical (unpaired) electrons. The van der Waals surface area contributed by atoms with E-state index in [-0.39, 0.29) is 16.3 Å². The predicted molar refractivity (Wildman–Crippen MR) is 79.8 cm³/mol. The van der Waals surface area contributed by atoms with Gasteiger partial charge in [0.15, 0.2) is 0 Å². The first-order valence-electron chi connectivity index (χ1n) is 5.90. The molecule has 1 atom stereocenters. The summed E-state index contributed by atoms with van der Waals surface area (Å²) in [5, 5.41) is 10.3. The lowest BCUT2D eigenvalue weighted by Gasteiger charge is -2.12. The molecule has 0 amide bonds. The summed E-state index contributed by atoms with van der Waals surface area (Å²) in [5.41, 5.74) is 0.890. The van der Waals surface area contributed by atoms with Gasteiger partial charge in [-0.2, -0.15) is 0 Å². The van der Waals surface area contributed by atoms with Gasteiger partial charge in [-0.25, -0.2) is 8.78 Å². The lowest BCUT2D eigenvalue weighted by molar-refractivity contribution is -0.384. The highest BCUT2D eigenvalue weighted by molar-refractivity contribution is 9.09. The van der Waals surface area contributed by atoms with Crippen LogP contribution in [0, 0.1) is 21.7 Å². The van der Waals surface area contributed by atoms with Gasteiger partial charge in [-0.3, -0.25) is 10.1 Å². The summed E-state index contributed by atoms with van der Waals surface area (Å²) < 4.78 is 27.2. The third kappa shape index (κ3) is 3.77. The first-order chi connectivity index (χ1) is 9.88. The van der Waals surface area contributed by atoms with Crippen LogP contribution in [0.5, 0.6) is 0 Å². The van der Waals surface area contributed by atoms with Crippen molar-refractivity contribution >= 4 is 33.2 Å². The highest BCUT2D eigenvalue weighted by Gasteiger charge is 2.17. The van der Waals surface area contributed by atoms with Crippen molar-refractivity contribution in [2.24, 2.45) is 0 Å². The minimum atomic E-state index is -0.693. The van der Waals surface area contributed by atoms with Crippen LogP contribution in [0.3, 0.4) is 0 Å². The van der Waals surface area contributed by atoms with Gasteiger partial charge in [-0.1, -0.05) is 39.7 Å². The van der Waals surface area contributed by atoms with Crippen LogP contribution >= 0.6 is 27.5 Å². The fourth-order valence-corrected chi connectivity index (χ4v) is 2.72. The molecule has 21 heavy (non-hydrogen) atoms. The quantitative estimate of drug-likeness (QED) is 0.318. The largest absolute Gasteiger partial charge is 0.269 e. The van der Waals surface area contributed by atoms with Crippen LogP contribution < -0.4 is 0 Å². The summed E-state index contributed by atoms with van der Waals surface area (Å²) in [7, 11) is 0. The molecule has 0 bridgehead atoms. The van der Waals surface area contributed by atoms with Gasteiger partial charge in [0.2, 0.25) is 0 Å². The Morgan fingerprint density at radius 2 is 1.81 bits per heavy atom. The van der Waals surface area contributed by atoms with E-state index in [9.17, 15) is 18.9 Å². The van der Waals surface area contributed by atoms with Crippen LogP contribution in [-0.4, -0.2) is 4.92 Å². The molecular weight excluding hydrogens is 368 g/mol.